The van der Waals surface area contributed by atoms with Crippen molar-refractivity contribution in [3.05, 3.63) is 168 Å². The fraction of sp³-hybridized carbons (Fsp3) is 0. The Kier molecular flexibility index (Phi) is 6.73. The van der Waals surface area contributed by atoms with Crippen LogP contribution in [0.25, 0.3) is 56.0 Å². The zero-order valence-electron chi connectivity index (χ0n) is 24.8. The maximum absolute atomic E-state index is 12.8. The van der Waals surface area contributed by atoms with Crippen molar-refractivity contribution in [3.8, 4) is 11.1 Å². The van der Waals surface area contributed by atoms with Crippen LogP contribution in [0.4, 0.5) is 11.4 Å². The first-order valence-corrected chi connectivity index (χ1v) is 15.3. The minimum absolute atomic E-state index is 0.0172. The Morgan fingerprint density at radius 3 is 1.22 bits per heavy atom. The number of carbonyl (C=O) groups is 2. The molecule has 4 nitrogen and oxygen atoms in total. The molecule has 0 aromatic heterocycles. The van der Waals surface area contributed by atoms with Crippen molar-refractivity contribution in [1.29, 1.82) is 0 Å². The summed E-state index contributed by atoms with van der Waals surface area (Å²) >= 11 is 0. The fourth-order valence-electron chi connectivity index (χ4n) is 6.47. The molecule has 6 aromatic carbocycles. The zero-order valence-corrected chi connectivity index (χ0v) is 24.8. The average Bonchev–Trinajstić information content (AvgIpc) is 3.11. The Hall–Kier alpha value is -6.26. The Labute approximate surface area is 266 Å². The van der Waals surface area contributed by atoms with Crippen LogP contribution in [0, 0.1) is 0 Å². The molecular weight excluding hydrogens is 564 g/mol. The van der Waals surface area contributed by atoms with E-state index < -0.39 is 0 Å². The number of nitrogens with one attached hydrogen (secondary N) is 2. The molecule has 0 amide bonds. The Morgan fingerprint density at radius 2 is 0.761 bits per heavy atom. The quantitative estimate of drug-likeness (QED) is 0.196. The van der Waals surface area contributed by atoms with E-state index in [1.54, 1.807) is 12.2 Å². The molecule has 0 heterocycles. The first-order chi connectivity index (χ1) is 22.7. The summed E-state index contributed by atoms with van der Waals surface area (Å²) in [5.41, 5.74) is 9.26. The molecule has 0 bridgehead atoms. The van der Waals surface area contributed by atoms with Crippen molar-refractivity contribution in [1.82, 2.24) is 0 Å². The third-order valence-electron chi connectivity index (χ3n) is 8.74. The van der Waals surface area contributed by atoms with E-state index in [2.05, 4.69) is 71.3 Å². The highest BCUT2D eigenvalue weighted by Crippen LogP contribution is 2.39. The lowest BCUT2D eigenvalue weighted by Gasteiger charge is -2.17. The van der Waals surface area contributed by atoms with E-state index in [1.165, 1.54) is 0 Å². The van der Waals surface area contributed by atoms with Gasteiger partial charge in [-0.1, -0.05) is 121 Å². The molecule has 218 valence electrons. The van der Waals surface area contributed by atoms with Gasteiger partial charge in [0.2, 0.25) is 0 Å². The first kappa shape index (κ1) is 27.3. The number of allylic oxidation sites excluding steroid dienone is 4. The van der Waals surface area contributed by atoms with Gasteiger partial charge in [-0.25, -0.2) is 0 Å². The van der Waals surface area contributed by atoms with Gasteiger partial charge < -0.3 is 10.6 Å². The van der Waals surface area contributed by atoms with E-state index in [4.69, 9.17) is 0 Å². The largest absolute Gasteiger partial charge is 0.360 e. The van der Waals surface area contributed by atoms with Gasteiger partial charge in [0, 0.05) is 45.7 Å². The third kappa shape index (κ3) is 4.73. The number of fused-ring (bicyclic) bond motifs is 4. The second kappa shape index (κ2) is 11.3. The van der Waals surface area contributed by atoms with E-state index in [1.807, 2.05) is 85.2 Å². The summed E-state index contributed by atoms with van der Waals surface area (Å²) in [4.78, 5) is 25.6. The molecule has 2 aliphatic rings. The lowest BCUT2D eigenvalue weighted by atomic mass is 9.91. The van der Waals surface area contributed by atoms with E-state index in [0.717, 1.165) is 66.3 Å². The molecule has 0 aliphatic heterocycles. The number of hydrogen-bond acceptors (Lipinski definition) is 4. The molecule has 2 N–H and O–H groups in total. The molecule has 0 atom stereocenters. The van der Waals surface area contributed by atoms with Gasteiger partial charge in [0.25, 0.3) is 0 Å². The van der Waals surface area contributed by atoms with E-state index in [0.29, 0.717) is 11.1 Å². The first-order valence-electron chi connectivity index (χ1n) is 15.3. The monoisotopic (exact) mass is 592 g/mol. The number of anilines is 2. The number of hydrogen-bond donors (Lipinski definition) is 2. The molecule has 0 saturated carbocycles. The van der Waals surface area contributed by atoms with Gasteiger partial charge in [0.15, 0.2) is 11.6 Å². The highest BCUT2D eigenvalue weighted by Gasteiger charge is 2.19. The van der Waals surface area contributed by atoms with E-state index in [9.17, 15) is 9.59 Å². The minimum Gasteiger partial charge on any atom is -0.360 e. The van der Waals surface area contributed by atoms with Gasteiger partial charge >= 0.3 is 0 Å². The van der Waals surface area contributed by atoms with Crippen LogP contribution < -0.4 is 10.6 Å². The van der Waals surface area contributed by atoms with Crippen LogP contribution in [0.15, 0.2) is 146 Å². The van der Waals surface area contributed by atoms with Crippen molar-refractivity contribution in [2.24, 2.45) is 0 Å². The van der Waals surface area contributed by atoms with Gasteiger partial charge in [0.1, 0.15) is 0 Å². The molecule has 0 saturated heterocycles. The third-order valence-corrected chi connectivity index (χ3v) is 8.74. The second-order valence-electron chi connectivity index (χ2n) is 11.4. The van der Waals surface area contributed by atoms with Crippen LogP contribution in [0.2, 0.25) is 0 Å². The van der Waals surface area contributed by atoms with Gasteiger partial charge in [0.05, 0.1) is 0 Å². The lowest BCUT2D eigenvalue weighted by Crippen LogP contribution is -2.06. The Bertz CT molecular complexity index is 2190. The minimum atomic E-state index is -0.0172. The molecular formula is C42H28N2O2. The molecule has 4 heteroatoms. The van der Waals surface area contributed by atoms with E-state index in [-0.39, 0.29) is 11.6 Å². The van der Waals surface area contributed by atoms with Gasteiger partial charge in [-0.2, -0.15) is 0 Å². The normalized spacial score (nSPS) is 15.4. The molecule has 6 aromatic rings. The highest BCUT2D eigenvalue weighted by atomic mass is 16.1. The molecule has 0 fully saturated rings. The van der Waals surface area contributed by atoms with Gasteiger partial charge in [-0.05, 0) is 68.4 Å². The van der Waals surface area contributed by atoms with Crippen LogP contribution in [-0.2, 0) is 9.59 Å². The molecule has 2 aliphatic carbocycles. The summed E-state index contributed by atoms with van der Waals surface area (Å²) in [5, 5.41) is 11.2. The summed E-state index contributed by atoms with van der Waals surface area (Å²) in [5.74, 6) is -0.0343. The van der Waals surface area contributed by atoms with Crippen molar-refractivity contribution in [2.45, 2.75) is 0 Å². The molecule has 8 rings (SSSR count). The maximum atomic E-state index is 12.8. The molecule has 0 radical (unpaired) electrons. The van der Waals surface area contributed by atoms with Crippen LogP contribution in [-0.4, -0.2) is 11.6 Å². The predicted molar refractivity (Wildman–Crippen MR) is 191 cm³/mol. The smallest absolute Gasteiger partial charge is 0.187 e. The van der Waals surface area contributed by atoms with Crippen LogP contribution >= 0.6 is 0 Å². The van der Waals surface area contributed by atoms with Crippen molar-refractivity contribution >= 4 is 67.8 Å². The fourth-order valence-corrected chi connectivity index (χ4v) is 6.47. The van der Waals surface area contributed by atoms with Crippen molar-refractivity contribution < 1.29 is 9.59 Å². The number of carbonyl (C=O) groups excluding carboxylic acids is 2. The summed E-state index contributed by atoms with van der Waals surface area (Å²) in [7, 11) is 0. The summed E-state index contributed by atoms with van der Waals surface area (Å²) in [6, 6.07) is 41.0. The highest BCUT2D eigenvalue weighted by molar-refractivity contribution is 6.31. The molecule has 0 spiro atoms. The standard InChI is InChI=1S/C42H28N2O2/c45-41-23-17-27-9-1-3-11-29(27)37(41)25-43-39-21-19-33(31-13-5-7-15-35(31)39)34-20-22-40(36-16-8-6-14-32(34)36)44-26-38-30-12-4-2-10-28(30)18-24-42(38)46/h1-26,43-44H. The zero-order chi connectivity index (χ0) is 31.0. The molecule has 46 heavy (non-hydrogen) atoms. The summed E-state index contributed by atoms with van der Waals surface area (Å²) in [6.45, 7) is 0. The lowest BCUT2D eigenvalue weighted by molar-refractivity contribution is -0.110. The summed E-state index contributed by atoms with van der Waals surface area (Å²) < 4.78 is 0. The SMILES string of the molecule is O=C1C=Cc2ccccc2C1=CNc1ccc(-c2ccc(NC=C3C(=O)C=Cc4ccccc43)c3ccccc23)c2ccccc12. The van der Waals surface area contributed by atoms with Crippen molar-refractivity contribution in [2.75, 3.05) is 10.6 Å². The average molecular weight is 593 g/mol. The summed E-state index contributed by atoms with van der Waals surface area (Å²) in [6.07, 6.45) is 10.6. The number of ketones is 2. The second-order valence-corrected chi connectivity index (χ2v) is 11.4. The van der Waals surface area contributed by atoms with Crippen molar-refractivity contribution in [3.63, 3.8) is 0 Å². The topological polar surface area (TPSA) is 58.2 Å². The van der Waals surface area contributed by atoms with Crippen LogP contribution in [0.3, 0.4) is 0 Å². The Morgan fingerprint density at radius 1 is 0.370 bits per heavy atom. The number of rotatable bonds is 5. The van der Waals surface area contributed by atoms with Gasteiger partial charge in [-0.15, -0.1) is 0 Å². The van der Waals surface area contributed by atoms with E-state index >= 15 is 0 Å². The Balaban J connectivity index is 1.17. The maximum Gasteiger partial charge on any atom is 0.187 e. The van der Waals surface area contributed by atoms with Crippen LogP contribution in [0.5, 0.6) is 0 Å². The number of benzene rings is 6. The predicted octanol–water partition coefficient (Wildman–Crippen LogP) is 9.76. The van der Waals surface area contributed by atoms with Crippen LogP contribution in [0.1, 0.15) is 22.3 Å². The molecule has 0 unspecified atom stereocenters. The van der Waals surface area contributed by atoms with Gasteiger partial charge in [-0.3, -0.25) is 9.59 Å².